The van der Waals surface area contributed by atoms with Crippen molar-refractivity contribution in [3.8, 4) is 5.69 Å². The van der Waals surface area contributed by atoms with Crippen LogP contribution in [0.2, 0.25) is 0 Å². The van der Waals surface area contributed by atoms with Crippen molar-refractivity contribution in [2.75, 3.05) is 11.3 Å². The minimum Gasteiger partial charge on any atom is -0.396 e. The number of nitrogens with zero attached hydrogens (tertiary/aromatic N) is 5. The van der Waals surface area contributed by atoms with Gasteiger partial charge in [-0.1, -0.05) is 19.9 Å². The van der Waals surface area contributed by atoms with Crippen LogP contribution >= 0.6 is 11.9 Å². The van der Waals surface area contributed by atoms with Gasteiger partial charge in [0, 0.05) is 36.6 Å². The third-order valence-electron chi connectivity index (χ3n) is 4.95. The molecule has 31 heavy (non-hydrogen) atoms. The molecule has 0 aliphatic heterocycles. The van der Waals surface area contributed by atoms with Crippen LogP contribution in [0.3, 0.4) is 0 Å². The molecule has 0 radical (unpaired) electrons. The number of para-hydroxylation sites is 1. The molecule has 0 saturated carbocycles. The third kappa shape index (κ3) is 5.56. The van der Waals surface area contributed by atoms with Crippen molar-refractivity contribution in [2.24, 2.45) is 0 Å². The molecule has 0 aliphatic rings. The van der Waals surface area contributed by atoms with Crippen LogP contribution in [0, 0.1) is 18.6 Å². The van der Waals surface area contributed by atoms with Crippen molar-refractivity contribution in [1.82, 2.24) is 24.7 Å². The molecule has 2 aromatic heterocycles. The van der Waals surface area contributed by atoms with Crippen LogP contribution in [0.4, 0.5) is 14.7 Å². The summed E-state index contributed by atoms with van der Waals surface area (Å²) in [6, 6.07) is 3.72. The fourth-order valence-electron chi connectivity index (χ4n) is 2.97. The van der Waals surface area contributed by atoms with E-state index in [0.717, 1.165) is 11.4 Å². The van der Waals surface area contributed by atoms with Crippen LogP contribution in [-0.2, 0) is 6.42 Å². The summed E-state index contributed by atoms with van der Waals surface area (Å²) in [5.41, 5.74) is 0.764. The lowest BCUT2D eigenvalue weighted by Gasteiger charge is -2.19. The lowest BCUT2D eigenvalue weighted by atomic mass is 10.1. The Balaban J connectivity index is 1.82. The average Bonchev–Trinajstić information content (AvgIpc) is 3.14. The number of anilines is 1. The summed E-state index contributed by atoms with van der Waals surface area (Å²) in [6.07, 6.45) is 5.17. The predicted molar refractivity (Wildman–Crippen MR) is 117 cm³/mol. The molecule has 0 saturated heterocycles. The van der Waals surface area contributed by atoms with Crippen LogP contribution in [-0.4, -0.2) is 41.7 Å². The quantitative estimate of drug-likeness (QED) is 0.355. The Bertz CT molecular complexity index is 978. The number of aliphatic hydroxyl groups is 1. The van der Waals surface area contributed by atoms with Crippen LogP contribution < -0.4 is 4.72 Å². The molecule has 166 valence electrons. The fraction of sp³-hybridized carbons (Fsp3) is 0.429. The molecule has 0 bridgehead atoms. The van der Waals surface area contributed by atoms with Crippen molar-refractivity contribution in [2.45, 2.75) is 51.2 Å². The summed E-state index contributed by atoms with van der Waals surface area (Å²) in [6.45, 7) is 6.00. The van der Waals surface area contributed by atoms with E-state index in [-0.39, 0.29) is 29.4 Å². The lowest BCUT2D eigenvalue weighted by Crippen LogP contribution is -2.15. The Hall–Kier alpha value is -2.59. The number of nitrogens with one attached hydrogen (secondary N) is 1. The van der Waals surface area contributed by atoms with Gasteiger partial charge in [0.05, 0.1) is 0 Å². The first-order valence-corrected chi connectivity index (χ1v) is 11.0. The molecule has 2 heterocycles. The Labute approximate surface area is 184 Å². The summed E-state index contributed by atoms with van der Waals surface area (Å²) in [5.74, 6) is -0.00106. The van der Waals surface area contributed by atoms with Gasteiger partial charge in [0.25, 0.3) is 0 Å². The van der Waals surface area contributed by atoms with Gasteiger partial charge < -0.3 is 5.11 Å². The number of unbranched alkanes of at least 4 members (excludes halogenated alkanes) is 1. The molecule has 0 amide bonds. The minimum atomic E-state index is -0.703. The first-order valence-electron chi connectivity index (χ1n) is 10.1. The van der Waals surface area contributed by atoms with Gasteiger partial charge in [0.15, 0.2) is 0 Å². The van der Waals surface area contributed by atoms with Crippen molar-refractivity contribution in [1.29, 1.82) is 0 Å². The van der Waals surface area contributed by atoms with E-state index in [0.29, 0.717) is 25.1 Å². The Kier molecular flexibility index (Phi) is 7.91. The normalized spacial score (nSPS) is 13.2. The van der Waals surface area contributed by atoms with E-state index >= 15 is 0 Å². The second kappa shape index (κ2) is 10.6. The lowest BCUT2D eigenvalue weighted by molar-refractivity contribution is 0.284. The summed E-state index contributed by atoms with van der Waals surface area (Å²) in [5, 5.41) is 17.3. The molecule has 3 aromatic rings. The van der Waals surface area contributed by atoms with Gasteiger partial charge in [-0.3, -0.25) is 9.29 Å². The van der Waals surface area contributed by atoms with Crippen LogP contribution in [0.15, 0.2) is 30.6 Å². The zero-order valence-electron chi connectivity index (χ0n) is 17.7. The van der Waals surface area contributed by atoms with Crippen LogP contribution in [0.1, 0.15) is 49.8 Å². The number of aryl methyl sites for hydroxylation is 2. The van der Waals surface area contributed by atoms with Gasteiger partial charge in [-0.15, -0.1) is 10.2 Å². The van der Waals surface area contributed by atoms with Gasteiger partial charge in [-0.25, -0.2) is 18.7 Å². The van der Waals surface area contributed by atoms with Gasteiger partial charge in [-0.05, 0) is 49.4 Å². The number of aromatic nitrogens is 5. The van der Waals surface area contributed by atoms with Gasteiger partial charge in [0.2, 0.25) is 5.95 Å². The second-order valence-electron chi connectivity index (χ2n) is 7.36. The van der Waals surface area contributed by atoms with Crippen molar-refractivity contribution in [3.63, 3.8) is 0 Å². The summed E-state index contributed by atoms with van der Waals surface area (Å²) in [4.78, 5) is 8.77. The highest BCUT2D eigenvalue weighted by atomic mass is 32.2. The molecule has 2 atom stereocenters. The maximum Gasteiger partial charge on any atom is 0.239 e. The molecule has 0 aliphatic carbocycles. The first-order chi connectivity index (χ1) is 14.9. The van der Waals surface area contributed by atoms with Crippen molar-refractivity contribution < 1.29 is 13.9 Å². The number of aliphatic hydroxyl groups excluding tert-OH is 1. The molecule has 2 N–H and O–H groups in total. The van der Waals surface area contributed by atoms with Crippen LogP contribution in [0.5, 0.6) is 0 Å². The first kappa shape index (κ1) is 23.1. The summed E-state index contributed by atoms with van der Waals surface area (Å²) < 4.78 is 33.5. The van der Waals surface area contributed by atoms with E-state index in [1.165, 1.54) is 34.7 Å². The monoisotopic (exact) mass is 448 g/mol. The Morgan fingerprint density at radius 2 is 1.77 bits per heavy atom. The van der Waals surface area contributed by atoms with Crippen LogP contribution in [0.25, 0.3) is 5.69 Å². The number of hydrogen-bond donors (Lipinski definition) is 2. The molecule has 10 heteroatoms. The largest absolute Gasteiger partial charge is 0.396 e. The summed E-state index contributed by atoms with van der Waals surface area (Å²) >= 11 is 1.36. The van der Waals surface area contributed by atoms with E-state index in [1.807, 2.05) is 20.8 Å². The van der Waals surface area contributed by atoms with Gasteiger partial charge in [-0.2, -0.15) is 0 Å². The highest BCUT2D eigenvalue weighted by Crippen LogP contribution is 2.29. The molecular weight excluding hydrogens is 422 g/mol. The molecule has 7 nitrogen and oxygen atoms in total. The number of halogens is 2. The van der Waals surface area contributed by atoms with E-state index in [4.69, 9.17) is 5.11 Å². The predicted octanol–water partition coefficient (Wildman–Crippen LogP) is 4.21. The second-order valence-corrected chi connectivity index (χ2v) is 8.54. The zero-order chi connectivity index (χ0) is 22.4. The molecular formula is C21H26F2N6OS. The van der Waals surface area contributed by atoms with E-state index in [2.05, 4.69) is 24.9 Å². The van der Waals surface area contributed by atoms with Gasteiger partial charge in [0.1, 0.15) is 29.0 Å². The maximum atomic E-state index is 14.5. The van der Waals surface area contributed by atoms with Gasteiger partial charge >= 0.3 is 0 Å². The summed E-state index contributed by atoms with van der Waals surface area (Å²) in [7, 11) is 0. The maximum absolute atomic E-state index is 14.5. The molecule has 2 unspecified atom stereocenters. The SMILES string of the molecule is Cc1cnc(C(C)C(C)SNc2nnc(CCCCO)n2-c2c(F)cccc2F)nc1. The molecule has 0 spiro atoms. The smallest absolute Gasteiger partial charge is 0.239 e. The average molecular weight is 449 g/mol. The zero-order valence-corrected chi connectivity index (χ0v) is 18.5. The molecule has 3 rings (SSSR count). The van der Waals surface area contributed by atoms with E-state index in [1.54, 1.807) is 12.4 Å². The van der Waals surface area contributed by atoms with Crippen molar-refractivity contribution >= 4 is 17.9 Å². The number of rotatable bonds is 10. The highest BCUT2D eigenvalue weighted by Gasteiger charge is 2.23. The minimum absolute atomic E-state index is 0.0312. The van der Waals surface area contributed by atoms with Crippen molar-refractivity contribution in [3.05, 3.63) is 59.4 Å². The standard InChI is InChI=1S/C21H26F2N6OS/c1-13-11-24-20(25-12-13)14(2)15(3)31-28-21-27-26-18(9-4-5-10-30)29(21)19-16(22)7-6-8-17(19)23/h6-8,11-12,14-15,30H,4-5,9-10H2,1-3H3,(H,27,28). The fourth-order valence-corrected chi connectivity index (χ4v) is 3.72. The number of benzene rings is 1. The topological polar surface area (TPSA) is 88.8 Å². The number of hydrogen-bond acceptors (Lipinski definition) is 7. The molecule has 0 fully saturated rings. The Morgan fingerprint density at radius 1 is 1.10 bits per heavy atom. The highest BCUT2D eigenvalue weighted by molar-refractivity contribution is 8.01. The van der Waals surface area contributed by atoms with E-state index < -0.39 is 11.6 Å². The van der Waals surface area contributed by atoms with E-state index in [9.17, 15) is 8.78 Å². The third-order valence-corrected chi connectivity index (χ3v) is 6.03. The molecule has 1 aromatic carbocycles. The Morgan fingerprint density at radius 3 is 2.42 bits per heavy atom.